The lowest BCUT2D eigenvalue weighted by atomic mass is 9.98. The van der Waals surface area contributed by atoms with Crippen molar-refractivity contribution in [1.29, 1.82) is 0 Å². The molecule has 1 aromatic heterocycles. The van der Waals surface area contributed by atoms with Gasteiger partial charge in [0, 0.05) is 0 Å². The van der Waals surface area contributed by atoms with Crippen molar-refractivity contribution in [2.45, 2.75) is 25.4 Å². The monoisotopic (exact) mass is 281 g/mol. The molecule has 4 heteroatoms. The molecule has 1 aliphatic carbocycles. The van der Waals surface area contributed by atoms with E-state index >= 15 is 0 Å². The molecule has 0 radical (unpaired) electrons. The van der Waals surface area contributed by atoms with Gasteiger partial charge in [-0.3, -0.25) is 4.98 Å². The number of aliphatic hydroxyl groups excluding tert-OH is 1. The number of nitrogens with one attached hydrogen (secondary N) is 1. The standard InChI is InChI=1S/C17H15NO3/c19-16(12-5-4-10-2-1-3-11(10)8-12)13-6-7-14-15(9-13)21-17(20)18-14/h4-9,16,19H,1-3H2,(H,18,20). The van der Waals surface area contributed by atoms with Crippen molar-refractivity contribution in [2.75, 3.05) is 0 Å². The van der Waals surface area contributed by atoms with Gasteiger partial charge in [-0.15, -0.1) is 0 Å². The number of rotatable bonds is 2. The first-order valence-electron chi connectivity index (χ1n) is 7.13. The Morgan fingerprint density at radius 1 is 1.05 bits per heavy atom. The highest BCUT2D eigenvalue weighted by molar-refractivity contribution is 5.73. The number of aryl methyl sites for hydroxylation is 2. The van der Waals surface area contributed by atoms with Crippen molar-refractivity contribution in [3.05, 3.63) is 69.2 Å². The van der Waals surface area contributed by atoms with Gasteiger partial charge in [0.15, 0.2) is 5.58 Å². The van der Waals surface area contributed by atoms with Gasteiger partial charge < -0.3 is 9.52 Å². The molecule has 0 spiro atoms. The highest BCUT2D eigenvalue weighted by Crippen LogP contribution is 2.29. The maximum Gasteiger partial charge on any atom is 0.417 e. The van der Waals surface area contributed by atoms with E-state index in [0.29, 0.717) is 11.1 Å². The molecule has 106 valence electrons. The highest BCUT2D eigenvalue weighted by Gasteiger charge is 2.16. The summed E-state index contributed by atoms with van der Waals surface area (Å²) in [6, 6.07) is 11.5. The number of aliphatic hydroxyl groups is 1. The summed E-state index contributed by atoms with van der Waals surface area (Å²) in [7, 11) is 0. The second-order valence-electron chi connectivity index (χ2n) is 5.55. The fraction of sp³-hybridized carbons (Fsp3) is 0.235. The SMILES string of the molecule is O=c1[nH]c2ccc(C(O)c3ccc4c(c3)CCC4)cc2o1. The normalized spacial score (nSPS) is 15.3. The second-order valence-corrected chi connectivity index (χ2v) is 5.55. The van der Waals surface area contributed by atoms with Crippen molar-refractivity contribution in [3.63, 3.8) is 0 Å². The Morgan fingerprint density at radius 2 is 1.81 bits per heavy atom. The van der Waals surface area contributed by atoms with Crippen molar-refractivity contribution in [3.8, 4) is 0 Å². The third-order valence-electron chi connectivity index (χ3n) is 4.20. The van der Waals surface area contributed by atoms with Crippen LogP contribution in [0.3, 0.4) is 0 Å². The molecule has 1 unspecified atom stereocenters. The van der Waals surface area contributed by atoms with E-state index in [4.69, 9.17) is 4.42 Å². The molecular weight excluding hydrogens is 266 g/mol. The van der Waals surface area contributed by atoms with Crippen LogP contribution in [0.5, 0.6) is 0 Å². The second kappa shape index (κ2) is 4.60. The van der Waals surface area contributed by atoms with Gasteiger partial charge in [0.1, 0.15) is 6.10 Å². The highest BCUT2D eigenvalue weighted by atomic mass is 16.4. The average Bonchev–Trinajstić information content (AvgIpc) is 3.09. The Hall–Kier alpha value is -2.33. The molecule has 2 aromatic carbocycles. The molecule has 1 heterocycles. The minimum Gasteiger partial charge on any atom is -0.408 e. The molecular formula is C17H15NO3. The molecule has 3 aromatic rings. The van der Waals surface area contributed by atoms with Crippen LogP contribution in [0.2, 0.25) is 0 Å². The van der Waals surface area contributed by atoms with E-state index < -0.39 is 11.9 Å². The van der Waals surface area contributed by atoms with Crippen LogP contribution in [0.4, 0.5) is 0 Å². The van der Waals surface area contributed by atoms with Gasteiger partial charge in [0.05, 0.1) is 5.52 Å². The Bertz CT molecular complexity index is 875. The van der Waals surface area contributed by atoms with Crippen LogP contribution >= 0.6 is 0 Å². The maximum atomic E-state index is 11.2. The first-order chi connectivity index (χ1) is 10.2. The molecule has 2 N–H and O–H groups in total. The van der Waals surface area contributed by atoms with E-state index in [2.05, 4.69) is 17.1 Å². The zero-order chi connectivity index (χ0) is 14.4. The van der Waals surface area contributed by atoms with Crippen LogP contribution in [0, 0.1) is 0 Å². The Balaban J connectivity index is 1.75. The van der Waals surface area contributed by atoms with E-state index in [9.17, 15) is 9.90 Å². The fourth-order valence-corrected chi connectivity index (χ4v) is 3.09. The number of H-pyrrole nitrogens is 1. The minimum atomic E-state index is -0.708. The Morgan fingerprint density at radius 3 is 2.71 bits per heavy atom. The topological polar surface area (TPSA) is 66.2 Å². The number of oxazole rings is 1. The largest absolute Gasteiger partial charge is 0.417 e. The molecule has 21 heavy (non-hydrogen) atoms. The van der Waals surface area contributed by atoms with Gasteiger partial charge in [-0.25, -0.2) is 4.79 Å². The summed E-state index contributed by atoms with van der Waals surface area (Å²) < 4.78 is 5.05. The number of aromatic amines is 1. The van der Waals surface area contributed by atoms with E-state index in [-0.39, 0.29) is 0 Å². The van der Waals surface area contributed by atoms with Crippen LogP contribution in [0.25, 0.3) is 11.1 Å². The molecule has 0 fully saturated rings. The predicted octanol–water partition coefficient (Wildman–Crippen LogP) is 2.69. The summed E-state index contributed by atoms with van der Waals surface area (Å²) in [4.78, 5) is 13.8. The first-order valence-corrected chi connectivity index (χ1v) is 7.13. The van der Waals surface area contributed by atoms with Gasteiger partial charge in [0.2, 0.25) is 0 Å². The summed E-state index contributed by atoms with van der Waals surface area (Å²) in [6.45, 7) is 0. The van der Waals surface area contributed by atoms with Crippen LogP contribution in [-0.2, 0) is 12.8 Å². The molecule has 1 aliphatic rings. The van der Waals surface area contributed by atoms with Crippen molar-refractivity contribution in [1.82, 2.24) is 4.98 Å². The number of hydrogen-bond acceptors (Lipinski definition) is 3. The van der Waals surface area contributed by atoms with Gasteiger partial charge >= 0.3 is 5.76 Å². The number of aromatic nitrogens is 1. The molecule has 4 nitrogen and oxygen atoms in total. The summed E-state index contributed by atoms with van der Waals surface area (Å²) in [5.74, 6) is -0.478. The van der Waals surface area contributed by atoms with Gasteiger partial charge in [-0.2, -0.15) is 0 Å². The van der Waals surface area contributed by atoms with Gasteiger partial charge in [-0.1, -0.05) is 24.3 Å². The summed E-state index contributed by atoms with van der Waals surface area (Å²) in [6.07, 6.45) is 2.70. The summed E-state index contributed by atoms with van der Waals surface area (Å²) in [5.41, 5.74) is 5.44. The molecule has 0 bridgehead atoms. The average molecular weight is 281 g/mol. The summed E-state index contributed by atoms with van der Waals surface area (Å²) >= 11 is 0. The van der Waals surface area contributed by atoms with Gasteiger partial charge in [0.25, 0.3) is 0 Å². The zero-order valence-corrected chi connectivity index (χ0v) is 11.4. The van der Waals surface area contributed by atoms with E-state index in [1.54, 1.807) is 12.1 Å². The van der Waals surface area contributed by atoms with Crippen LogP contribution in [0.1, 0.15) is 34.8 Å². The predicted molar refractivity (Wildman–Crippen MR) is 79.4 cm³/mol. The molecule has 0 saturated heterocycles. The lowest BCUT2D eigenvalue weighted by Gasteiger charge is -2.13. The molecule has 0 saturated carbocycles. The third-order valence-corrected chi connectivity index (χ3v) is 4.20. The van der Waals surface area contributed by atoms with Gasteiger partial charge in [-0.05, 0) is 53.6 Å². The maximum absolute atomic E-state index is 11.2. The lowest BCUT2D eigenvalue weighted by molar-refractivity contribution is 0.220. The third kappa shape index (κ3) is 2.08. The fourth-order valence-electron chi connectivity index (χ4n) is 3.09. The Kier molecular flexibility index (Phi) is 2.72. The molecule has 1 atom stereocenters. The zero-order valence-electron chi connectivity index (χ0n) is 11.4. The quantitative estimate of drug-likeness (QED) is 0.759. The van der Waals surface area contributed by atoms with Crippen LogP contribution < -0.4 is 5.76 Å². The van der Waals surface area contributed by atoms with E-state index in [1.807, 2.05) is 12.1 Å². The van der Waals surface area contributed by atoms with Crippen molar-refractivity contribution in [2.24, 2.45) is 0 Å². The van der Waals surface area contributed by atoms with E-state index in [0.717, 1.165) is 24.0 Å². The first kappa shape index (κ1) is 12.4. The smallest absolute Gasteiger partial charge is 0.408 e. The number of benzene rings is 2. The van der Waals surface area contributed by atoms with E-state index in [1.165, 1.54) is 17.5 Å². The molecule has 0 aliphatic heterocycles. The number of hydrogen-bond donors (Lipinski definition) is 2. The van der Waals surface area contributed by atoms with Crippen molar-refractivity contribution >= 4 is 11.1 Å². The number of fused-ring (bicyclic) bond motifs is 2. The lowest BCUT2D eigenvalue weighted by Crippen LogP contribution is -2.00. The minimum absolute atomic E-state index is 0.470. The van der Waals surface area contributed by atoms with Crippen LogP contribution in [-0.4, -0.2) is 10.1 Å². The molecule has 4 rings (SSSR count). The molecule has 0 amide bonds. The Labute approximate surface area is 121 Å². The summed E-state index contributed by atoms with van der Waals surface area (Å²) in [5, 5.41) is 10.6. The van der Waals surface area contributed by atoms with Crippen LogP contribution in [0.15, 0.2) is 45.6 Å². The van der Waals surface area contributed by atoms with Crippen molar-refractivity contribution < 1.29 is 9.52 Å².